The SMILES string of the molecule is CN(C)c1ccnc(NC2CCCN(CCc3ccccc3)C2)n1. The monoisotopic (exact) mass is 325 g/mol. The molecule has 1 unspecified atom stereocenters. The van der Waals surface area contributed by atoms with Crippen molar-refractivity contribution in [3.63, 3.8) is 0 Å². The topological polar surface area (TPSA) is 44.3 Å². The summed E-state index contributed by atoms with van der Waals surface area (Å²) in [7, 11) is 4.00. The number of aromatic nitrogens is 2. The highest BCUT2D eigenvalue weighted by Gasteiger charge is 2.20. The van der Waals surface area contributed by atoms with Crippen molar-refractivity contribution in [1.82, 2.24) is 14.9 Å². The van der Waals surface area contributed by atoms with Crippen LogP contribution < -0.4 is 10.2 Å². The van der Waals surface area contributed by atoms with Crippen LogP contribution in [0.4, 0.5) is 11.8 Å². The zero-order chi connectivity index (χ0) is 16.8. The Balaban J connectivity index is 1.53. The Kier molecular flexibility index (Phi) is 5.64. The molecule has 0 bridgehead atoms. The molecule has 2 heterocycles. The van der Waals surface area contributed by atoms with Crippen molar-refractivity contribution in [2.45, 2.75) is 25.3 Å². The molecule has 0 aliphatic carbocycles. The van der Waals surface area contributed by atoms with E-state index >= 15 is 0 Å². The van der Waals surface area contributed by atoms with Crippen LogP contribution in [0, 0.1) is 0 Å². The number of nitrogens with zero attached hydrogens (tertiary/aromatic N) is 4. The second-order valence-electron chi connectivity index (χ2n) is 6.65. The third kappa shape index (κ3) is 4.68. The van der Waals surface area contributed by atoms with Crippen molar-refractivity contribution in [3.05, 3.63) is 48.2 Å². The molecule has 3 rings (SSSR count). The average molecular weight is 325 g/mol. The van der Waals surface area contributed by atoms with Gasteiger partial charge in [-0.15, -0.1) is 0 Å². The fourth-order valence-electron chi connectivity index (χ4n) is 3.16. The predicted octanol–water partition coefficient (Wildman–Crippen LogP) is 2.66. The average Bonchev–Trinajstić information content (AvgIpc) is 2.61. The van der Waals surface area contributed by atoms with Crippen molar-refractivity contribution in [3.8, 4) is 0 Å². The molecule has 1 fully saturated rings. The van der Waals surface area contributed by atoms with E-state index in [4.69, 9.17) is 0 Å². The van der Waals surface area contributed by atoms with E-state index in [0.29, 0.717) is 6.04 Å². The highest BCUT2D eigenvalue weighted by molar-refractivity contribution is 5.41. The van der Waals surface area contributed by atoms with Gasteiger partial charge < -0.3 is 15.1 Å². The maximum atomic E-state index is 4.57. The number of anilines is 2. The van der Waals surface area contributed by atoms with Crippen LogP contribution in [-0.4, -0.2) is 54.6 Å². The number of piperidine rings is 1. The maximum Gasteiger partial charge on any atom is 0.224 e. The second kappa shape index (κ2) is 8.11. The summed E-state index contributed by atoms with van der Waals surface area (Å²) in [6.07, 6.45) is 5.33. The first-order valence-electron chi connectivity index (χ1n) is 8.74. The van der Waals surface area contributed by atoms with Gasteiger partial charge in [0, 0.05) is 39.4 Å². The molecule has 24 heavy (non-hydrogen) atoms. The summed E-state index contributed by atoms with van der Waals surface area (Å²) in [4.78, 5) is 13.5. The Labute approximate surface area is 144 Å². The fourth-order valence-corrected chi connectivity index (χ4v) is 3.16. The molecule has 1 aromatic carbocycles. The third-order valence-electron chi connectivity index (χ3n) is 4.50. The van der Waals surface area contributed by atoms with Gasteiger partial charge in [0.25, 0.3) is 0 Å². The van der Waals surface area contributed by atoms with Crippen LogP contribution in [0.3, 0.4) is 0 Å². The largest absolute Gasteiger partial charge is 0.363 e. The van der Waals surface area contributed by atoms with Crippen LogP contribution in [0.5, 0.6) is 0 Å². The van der Waals surface area contributed by atoms with Crippen molar-refractivity contribution < 1.29 is 0 Å². The third-order valence-corrected chi connectivity index (χ3v) is 4.50. The first-order chi connectivity index (χ1) is 11.7. The van der Waals surface area contributed by atoms with Crippen molar-refractivity contribution in [2.24, 2.45) is 0 Å². The first kappa shape index (κ1) is 16.7. The quantitative estimate of drug-likeness (QED) is 0.884. The number of hydrogen-bond donors (Lipinski definition) is 1. The number of hydrogen-bond acceptors (Lipinski definition) is 5. The van der Waals surface area contributed by atoms with Crippen LogP contribution in [0.15, 0.2) is 42.6 Å². The molecule has 1 atom stereocenters. The van der Waals surface area contributed by atoms with E-state index in [1.807, 2.05) is 31.3 Å². The maximum absolute atomic E-state index is 4.57. The standard InChI is InChI=1S/C19H27N5/c1-23(2)18-10-12-20-19(22-18)21-17-9-6-13-24(15-17)14-11-16-7-4-3-5-8-16/h3-5,7-8,10,12,17H,6,9,11,13-15H2,1-2H3,(H,20,21,22). The van der Waals surface area contributed by atoms with Crippen LogP contribution in [0.25, 0.3) is 0 Å². The summed E-state index contributed by atoms with van der Waals surface area (Å²) in [6, 6.07) is 13.1. The molecule has 5 heteroatoms. The molecular formula is C19H27N5. The minimum Gasteiger partial charge on any atom is -0.363 e. The minimum atomic E-state index is 0.423. The van der Waals surface area contributed by atoms with Gasteiger partial charge in [-0.1, -0.05) is 30.3 Å². The van der Waals surface area contributed by atoms with Gasteiger partial charge in [-0.05, 0) is 37.4 Å². The van der Waals surface area contributed by atoms with E-state index in [-0.39, 0.29) is 0 Å². The smallest absolute Gasteiger partial charge is 0.224 e. The summed E-state index contributed by atoms with van der Waals surface area (Å²) in [5.74, 6) is 1.67. The molecule has 0 radical (unpaired) electrons. The van der Waals surface area contributed by atoms with Gasteiger partial charge in [0.1, 0.15) is 5.82 Å². The number of benzene rings is 1. The number of rotatable bonds is 6. The minimum absolute atomic E-state index is 0.423. The van der Waals surface area contributed by atoms with Gasteiger partial charge >= 0.3 is 0 Å². The molecular weight excluding hydrogens is 298 g/mol. The lowest BCUT2D eigenvalue weighted by molar-refractivity contribution is 0.218. The molecule has 2 aromatic rings. The lowest BCUT2D eigenvalue weighted by atomic mass is 10.0. The molecule has 128 valence electrons. The Bertz CT molecular complexity index is 629. The van der Waals surface area contributed by atoms with Crippen LogP contribution in [0.2, 0.25) is 0 Å². The first-order valence-corrected chi connectivity index (χ1v) is 8.74. The Hall–Kier alpha value is -2.14. The molecule has 1 N–H and O–H groups in total. The molecule has 1 aromatic heterocycles. The van der Waals surface area contributed by atoms with Crippen molar-refractivity contribution in [1.29, 1.82) is 0 Å². The highest BCUT2D eigenvalue weighted by atomic mass is 15.2. The van der Waals surface area contributed by atoms with E-state index in [1.165, 1.54) is 24.9 Å². The molecule has 1 aliphatic rings. The van der Waals surface area contributed by atoms with Crippen LogP contribution >= 0.6 is 0 Å². The molecule has 5 nitrogen and oxygen atoms in total. The summed E-state index contributed by atoms with van der Waals surface area (Å²) >= 11 is 0. The van der Waals surface area contributed by atoms with Gasteiger partial charge in [0.2, 0.25) is 5.95 Å². The van der Waals surface area contributed by atoms with Gasteiger partial charge in [0.15, 0.2) is 0 Å². The molecule has 1 saturated heterocycles. The lowest BCUT2D eigenvalue weighted by Crippen LogP contribution is -2.43. The van der Waals surface area contributed by atoms with Crippen molar-refractivity contribution >= 4 is 11.8 Å². The predicted molar refractivity (Wildman–Crippen MR) is 99.6 cm³/mol. The van der Waals surface area contributed by atoms with Crippen molar-refractivity contribution in [2.75, 3.05) is 43.9 Å². The summed E-state index contributed by atoms with van der Waals surface area (Å²) < 4.78 is 0. The number of nitrogens with one attached hydrogen (secondary N) is 1. The van der Waals surface area contributed by atoms with E-state index in [1.54, 1.807) is 0 Å². The lowest BCUT2D eigenvalue weighted by Gasteiger charge is -2.33. The molecule has 0 saturated carbocycles. The zero-order valence-electron chi connectivity index (χ0n) is 14.7. The molecule has 1 aliphatic heterocycles. The Morgan fingerprint density at radius 1 is 1.21 bits per heavy atom. The Morgan fingerprint density at radius 3 is 2.83 bits per heavy atom. The fraction of sp³-hybridized carbons (Fsp3) is 0.474. The van der Waals surface area contributed by atoms with Gasteiger partial charge in [0.05, 0.1) is 0 Å². The van der Waals surface area contributed by atoms with E-state index < -0.39 is 0 Å². The van der Waals surface area contributed by atoms with Gasteiger partial charge in [-0.25, -0.2) is 4.98 Å². The van der Waals surface area contributed by atoms with E-state index in [9.17, 15) is 0 Å². The highest BCUT2D eigenvalue weighted by Crippen LogP contribution is 2.16. The second-order valence-corrected chi connectivity index (χ2v) is 6.65. The summed E-state index contributed by atoms with van der Waals surface area (Å²) in [5, 5.41) is 3.51. The molecule has 0 spiro atoms. The normalized spacial score (nSPS) is 18.3. The van der Waals surface area contributed by atoms with E-state index in [0.717, 1.165) is 31.3 Å². The number of likely N-dealkylation sites (tertiary alicyclic amines) is 1. The van der Waals surface area contributed by atoms with Crippen LogP contribution in [-0.2, 0) is 6.42 Å². The molecule has 0 amide bonds. The van der Waals surface area contributed by atoms with Gasteiger partial charge in [-0.3, -0.25) is 0 Å². The van der Waals surface area contributed by atoms with E-state index in [2.05, 4.69) is 50.5 Å². The van der Waals surface area contributed by atoms with Gasteiger partial charge in [-0.2, -0.15) is 4.98 Å². The van der Waals surface area contributed by atoms with Crippen LogP contribution in [0.1, 0.15) is 18.4 Å². The Morgan fingerprint density at radius 2 is 2.04 bits per heavy atom. The summed E-state index contributed by atoms with van der Waals surface area (Å²) in [5.41, 5.74) is 1.41. The zero-order valence-corrected chi connectivity index (χ0v) is 14.7. The summed E-state index contributed by atoms with van der Waals surface area (Å²) in [6.45, 7) is 3.35.